The first-order valence-electron chi connectivity index (χ1n) is 8.07. The highest BCUT2D eigenvalue weighted by Gasteiger charge is 2.24. The minimum absolute atomic E-state index is 0.00995. The molecule has 0 radical (unpaired) electrons. The van der Waals surface area contributed by atoms with Gasteiger partial charge in [-0.2, -0.15) is 0 Å². The molecule has 3 rings (SSSR count). The number of carbonyl (C=O) groups is 1. The summed E-state index contributed by atoms with van der Waals surface area (Å²) in [5.41, 5.74) is 1.00. The van der Waals surface area contributed by atoms with Crippen molar-refractivity contribution in [3.63, 3.8) is 0 Å². The van der Waals surface area contributed by atoms with E-state index in [1.807, 2.05) is 0 Å². The van der Waals surface area contributed by atoms with E-state index in [0.29, 0.717) is 0 Å². The number of hydrogen-bond donors (Lipinski definition) is 1. The molecule has 0 saturated carbocycles. The molecule has 0 spiro atoms. The van der Waals surface area contributed by atoms with Crippen molar-refractivity contribution in [2.45, 2.75) is 45.1 Å². The van der Waals surface area contributed by atoms with Gasteiger partial charge in [-0.1, -0.05) is 26.0 Å². The van der Waals surface area contributed by atoms with Crippen LogP contribution in [0.25, 0.3) is 0 Å². The Hall–Kier alpha value is -2.51. The van der Waals surface area contributed by atoms with E-state index in [2.05, 4.69) is 52.0 Å². The number of hydrogen-bond acceptors (Lipinski definition) is 6. The molecular formula is C16H22N6O2. The Bertz CT molecular complexity index is 728. The minimum Gasteiger partial charge on any atom is -0.476 e. The molecule has 24 heavy (non-hydrogen) atoms. The van der Waals surface area contributed by atoms with Crippen molar-refractivity contribution in [3.05, 3.63) is 30.0 Å². The van der Waals surface area contributed by atoms with Crippen molar-refractivity contribution < 1.29 is 9.90 Å². The zero-order valence-electron chi connectivity index (χ0n) is 14.2. The Morgan fingerprint density at radius 1 is 1.25 bits per heavy atom. The largest absolute Gasteiger partial charge is 0.476 e. The lowest BCUT2D eigenvalue weighted by atomic mass is 9.92. The van der Waals surface area contributed by atoms with Gasteiger partial charge in [0, 0.05) is 24.6 Å². The Kier molecular flexibility index (Phi) is 4.21. The third kappa shape index (κ3) is 3.37. The van der Waals surface area contributed by atoms with Gasteiger partial charge in [-0.3, -0.25) is 0 Å². The standard InChI is InChI=1S/C16H22N6O2/c1-16(2,3)13-8-14(18-10-17-13)21-6-4-11(5-7-21)22-9-12(15(23)24)19-20-22/h8-11H,4-7H2,1-3H3,(H,23,24). The van der Waals surface area contributed by atoms with E-state index in [1.165, 1.54) is 6.20 Å². The molecule has 2 aromatic rings. The van der Waals surface area contributed by atoms with E-state index in [-0.39, 0.29) is 17.2 Å². The molecule has 0 unspecified atom stereocenters. The number of aromatic nitrogens is 5. The third-order valence-electron chi connectivity index (χ3n) is 4.31. The van der Waals surface area contributed by atoms with Crippen LogP contribution in [0.2, 0.25) is 0 Å². The summed E-state index contributed by atoms with van der Waals surface area (Å²) < 4.78 is 1.67. The predicted molar refractivity (Wildman–Crippen MR) is 88.2 cm³/mol. The average Bonchev–Trinajstić information content (AvgIpc) is 3.05. The van der Waals surface area contributed by atoms with Crippen LogP contribution in [0.1, 0.15) is 55.8 Å². The van der Waals surface area contributed by atoms with Crippen LogP contribution < -0.4 is 4.90 Å². The highest BCUT2D eigenvalue weighted by molar-refractivity contribution is 5.84. The second kappa shape index (κ2) is 6.18. The SMILES string of the molecule is CC(C)(C)c1cc(N2CCC(n3cc(C(=O)O)nn3)CC2)ncn1. The van der Waals surface area contributed by atoms with Crippen LogP contribution in [0.3, 0.4) is 0 Å². The second-order valence-corrected chi connectivity index (χ2v) is 7.12. The zero-order chi connectivity index (χ0) is 17.3. The summed E-state index contributed by atoms with van der Waals surface area (Å²) in [6.45, 7) is 8.09. The molecule has 0 bridgehead atoms. The van der Waals surface area contributed by atoms with Gasteiger partial charge in [0.1, 0.15) is 12.1 Å². The van der Waals surface area contributed by atoms with Crippen LogP contribution in [0.5, 0.6) is 0 Å². The maximum Gasteiger partial charge on any atom is 0.358 e. The Morgan fingerprint density at radius 2 is 1.96 bits per heavy atom. The lowest BCUT2D eigenvalue weighted by molar-refractivity contribution is 0.0690. The molecule has 0 amide bonds. The fourth-order valence-electron chi connectivity index (χ4n) is 2.84. The maximum atomic E-state index is 10.9. The molecule has 3 heterocycles. The van der Waals surface area contributed by atoms with Gasteiger partial charge in [-0.05, 0) is 12.8 Å². The lowest BCUT2D eigenvalue weighted by Crippen LogP contribution is -2.35. The summed E-state index contributed by atoms with van der Waals surface area (Å²) in [6, 6.07) is 2.23. The summed E-state index contributed by atoms with van der Waals surface area (Å²) in [7, 11) is 0. The Balaban J connectivity index is 1.67. The van der Waals surface area contributed by atoms with Crippen LogP contribution in [0.4, 0.5) is 5.82 Å². The molecule has 128 valence electrons. The maximum absolute atomic E-state index is 10.9. The highest BCUT2D eigenvalue weighted by atomic mass is 16.4. The molecule has 1 N–H and O–H groups in total. The molecule has 0 aliphatic carbocycles. The van der Waals surface area contributed by atoms with Gasteiger partial charge in [0.25, 0.3) is 0 Å². The smallest absolute Gasteiger partial charge is 0.358 e. The van der Waals surface area contributed by atoms with Crippen molar-refractivity contribution in [1.82, 2.24) is 25.0 Å². The first-order chi connectivity index (χ1) is 11.3. The predicted octanol–water partition coefficient (Wildman–Crippen LogP) is 1.91. The Labute approximate surface area is 140 Å². The van der Waals surface area contributed by atoms with Crippen molar-refractivity contribution in [2.24, 2.45) is 0 Å². The van der Waals surface area contributed by atoms with Crippen molar-refractivity contribution in [3.8, 4) is 0 Å². The number of rotatable bonds is 3. The normalized spacial score (nSPS) is 16.4. The van der Waals surface area contributed by atoms with E-state index >= 15 is 0 Å². The molecule has 0 atom stereocenters. The number of carboxylic acids is 1. The number of piperidine rings is 1. The highest BCUT2D eigenvalue weighted by Crippen LogP contribution is 2.27. The van der Waals surface area contributed by atoms with Gasteiger partial charge in [0.05, 0.1) is 17.9 Å². The average molecular weight is 330 g/mol. The summed E-state index contributed by atoms with van der Waals surface area (Å²) in [5.74, 6) is -0.104. The van der Waals surface area contributed by atoms with Crippen molar-refractivity contribution >= 4 is 11.8 Å². The molecular weight excluding hydrogens is 308 g/mol. The minimum atomic E-state index is -1.05. The van der Waals surface area contributed by atoms with E-state index in [4.69, 9.17) is 5.11 Å². The fraction of sp³-hybridized carbons (Fsp3) is 0.562. The Morgan fingerprint density at radius 3 is 2.54 bits per heavy atom. The molecule has 1 aliphatic heterocycles. The van der Waals surface area contributed by atoms with Crippen LogP contribution in [-0.4, -0.2) is 49.1 Å². The van der Waals surface area contributed by atoms with Gasteiger partial charge < -0.3 is 10.0 Å². The van der Waals surface area contributed by atoms with Crippen LogP contribution in [0.15, 0.2) is 18.6 Å². The van der Waals surface area contributed by atoms with E-state index in [9.17, 15) is 4.79 Å². The van der Waals surface area contributed by atoms with Crippen LogP contribution >= 0.6 is 0 Å². The number of anilines is 1. The molecule has 0 aromatic carbocycles. The zero-order valence-corrected chi connectivity index (χ0v) is 14.2. The van der Waals surface area contributed by atoms with Gasteiger partial charge in [-0.25, -0.2) is 19.4 Å². The summed E-state index contributed by atoms with van der Waals surface area (Å²) >= 11 is 0. The molecule has 1 aliphatic rings. The molecule has 2 aromatic heterocycles. The lowest BCUT2D eigenvalue weighted by Gasteiger charge is -2.33. The molecule has 8 nitrogen and oxygen atoms in total. The van der Waals surface area contributed by atoms with E-state index < -0.39 is 5.97 Å². The van der Waals surface area contributed by atoms with Gasteiger partial charge >= 0.3 is 5.97 Å². The quantitative estimate of drug-likeness (QED) is 0.918. The van der Waals surface area contributed by atoms with Gasteiger partial charge in [-0.15, -0.1) is 5.10 Å². The molecule has 1 fully saturated rings. The fourth-order valence-corrected chi connectivity index (χ4v) is 2.84. The number of carboxylic acid groups (broad SMARTS) is 1. The summed E-state index contributed by atoms with van der Waals surface area (Å²) in [6.07, 6.45) is 4.87. The van der Waals surface area contributed by atoms with E-state index in [1.54, 1.807) is 11.0 Å². The first-order valence-corrected chi connectivity index (χ1v) is 8.07. The van der Waals surface area contributed by atoms with Gasteiger partial charge in [0.15, 0.2) is 5.69 Å². The van der Waals surface area contributed by atoms with Crippen LogP contribution in [0, 0.1) is 0 Å². The van der Waals surface area contributed by atoms with Crippen LogP contribution in [-0.2, 0) is 5.41 Å². The monoisotopic (exact) mass is 330 g/mol. The second-order valence-electron chi connectivity index (χ2n) is 7.12. The first kappa shape index (κ1) is 16.4. The van der Waals surface area contributed by atoms with E-state index in [0.717, 1.165) is 37.4 Å². The summed E-state index contributed by atoms with van der Waals surface area (Å²) in [4.78, 5) is 21.9. The van der Waals surface area contributed by atoms with Crippen molar-refractivity contribution in [2.75, 3.05) is 18.0 Å². The van der Waals surface area contributed by atoms with Crippen molar-refractivity contribution in [1.29, 1.82) is 0 Å². The number of aromatic carboxylic acids is 1. The third-order valence-corrected chi connectivity index (χ3v) is 4.31. The molecule has 1 saturated heterocycles. The molecule has 8 heteroatoms. The topological polar surface area (TPSA) is 97.0 Å². The number of nitrogens with zero attached hydrogens (tertiary/aromatic N) is 6. The summed E-state index contributed by atoms with van der Waals surface area (Å²) in [5, 5.41) is 16.6. The van der Waals surface area contributed by atoms with Gasteiger partial charge in [0.2, 0.25) is 0 Å².